The highest BCUT2D eigenvalue weighted by atomic mass is 16.7. The Kier molecular flexibility index (Phi) is 4.11. The molecule has 4 rings (SSSR count). The summed E-state index contributed by atoms with van der Waals surface area (Å²) in [7, 11) is 1.48. The van der Waals surface area contributed by atoms with Gasteiger partial charge in [0.25, 0.3) is 0 Å². The first-order valence-corrected chi connectivity index (χ1v) is 8.24. The smallest absolute Gasteiger partial charge is 0.317 e. The summed E-state index contributed by atoms with van der Waals surface area (Å²) in [5, 5.41) is 2.74. The molecule has 0 bridgehead atoms. The van der Waals surface area contributed by atoms with Crippen molar-refractivity contribution in [3.8, 4) is 11.5 Å². The van der Waals surface area contributed by atoms with Crippen molar-refractivity contribution < 1.29 is 14.3 Å². The largest absolute Gasteiger partial charge is 0.454 e. The summed E-state index contributed by atoms with van der Waals surface area (Å²) in [4.78, 5) is 40.9. The minimum absolute atomic E-state index is 0.179. The van der Waals surface area contributed by atoms with E-state index in [-0.39, 0.29) is 19.9 Å². The molecule has 9 nitrogen and oxygen atoms in total. The third-order valence-corrected chi connectivity index (χ3v) is 4.34. The third kappa shape index (κ3) is 3.03. The zero-order valence-electron chi connectivity index (χ0n) is 14.5. The minimum atomic E-state index is -0.767. The Hall–Kier alpha value is -3.62. The summed E-state index contributed by atoms with van der Waals surface area (Å²) in [5.74, 6) is 0.894. The number of ether oxygens (including phenoxy) is 2. The molecule has 0 aliphatic carbocycles. The van der Waals surface area contributed by atoms with Crippen LogP contribution in [-0.4, -0.2) is 26.8 Å². The second-order valence-electron chi connectivity index (χ2n) is 6.07. The summed E-state index contributed by atoms with van der Waals surface area (Å²) in [6.07, 6.45) is 1.52. The van der Waals surface area contributed by atoms with E-state index in [1.165, 1.54) is 17.8 Å². The molecule has 1 aliphatic heterocycles. The van der Waals surface area contributed by atoms with Crippen molar-refractivity contribution in [1.82, 2.24) is 19.4 Å². The average Bonchev–Trinajstić information content (AvgIpc) is 3.16. The van der Waals surface area contributed by atoms with Crippen LogP contribution < -0.4 is 25.9 Å². The zero-order chi connectivity index (χ0) is 19.0. The zero-order valence-corrected chi connectivity index (χ0v) is 14.5. The molecule has 0 saturated carbocycles. The second-order valence-corrected chi connectivity index (χ2v) is 6.07. The van der Waals surface area contributed by atoms with Crippen LogP contribution in [0.3, 0.4) is 0 Å². The molecular formula is C18H16N4O5. The molecule has 0 fully saturated rings. The number of aryl methyl sites for hydroxylation is 1. The van der Waals surface area contributed by atoms with E-state index in [1.807, 2.05) is 6.07 Å². The molecule has 1 aliphatic rings. The maximum absolute atomic E-state index is 12.4. The molecule has 0 spiro atoms. The Labute approximate surface area is 152 Å². The molecule has 0 atom stereocenters. The van der Waals surface area contributed by atoms with Gasteiger partial charge in [0.1, 0.15) is 6.54 Å². The molecule has 0 unspecified atom stereocenters. The lowest BCUT2D eigenvalue weighted by Gasteiger charge is -2.12. The van der Waals surface area contributed by atoms with E-state index >= 15 is 0 Å². The van der Waals surface area contributed by atoms with Gasteiger partial charge in [0.05, 0.1) is 5.52 Å². The predicted octanol–water partition coefficient (Wildman–Crippen LogP) is 0.140. The molecule has 2 aromatic heterocycles. The van der Waals surface area contributed by atoms with Gasteiger partial charge in [-0.15, -0.1) is 0 Å². The van der Waals surface area contributed by atoms with Crippen molar-refractivity contribution in [2.24, 2.45) is 7.05 Å². The molecule has 9 heteroatoms. The number of benzene rings is 1. The fourth-order valence-corrected chi connectivity index (χ4v) is 2.93. The quantitative estimate of drug-likeness (QED) is 0.657. The molecule has 1 amide bonds. The summed E-state index contributed by atoms with van der Waals surface area (Å²) in [6, 6.07) is 8.67. The van der Waals surface area contributed by atoms with Crippen molar-refractivity contribution >= 4 is 17.1 Å². The van der Waals surface area contributed by atoms with Gasteiger partial charge in [-0.05, 0) is 29.8 Å². The van der Waals surface area contributed by atoms with Gasteiger partial charge in [-0.2, -0.15) is 0 Å². The van der Waals surface area contributed by atoms with Gasteiger partial charge in [-0.3, -0.25) is 23.5 Å². The standard InChI is InChI=1S/C18H16N4O5/c1-21-16-12(3-2-6-19-16)22(18(25)17(21)24)9-15(23)20-8-11-4-5-13-14(7-11)27-10-26-13/h2-7H,8-10H2,1H3,(H,20,23). The number of carbonyl (C=O) groups is 1. The number of pyridine rings is 1. The van der Waals surface area contributed by atoms with E-state index in [2.05, 4.69) is 10.3 Å². The molecular weight excluding hydrogens is 352 g/mol. The minimum Gasteiger partial charge on any atom is -0.454 e. The lowest BCUT2D eigenvalue weighted by molar-refractivity contribution is -0.121. The summed E-state index contributed by atoms with van der Waals surface area (Å²) in [5.41, 5.74) is 0.0879. The van der Waals surface area contributed by atoms with Gasteiger partial charge in [-0.25, -0.2) is 4.98 Å². The first-order chi connectivity index (χ1) is 13.0. The van der Waals surface area contributed by atoms with E-state index in [0.717, 1.165) is 10.1 Å². The lowest BCUT2D eigenvalue weighted by atomic mass is 10.2. The van der Waals surface area contributed by atoms with Crippen LogP contribution in [0.2, 0.25) is 0 Å². The van der Waals surface area contributed by atoms with Crippen LogP contribution in [0.15, 0.2) is 46.1 Å². The Balaban J connectivity index is 1.55. The van der Waals surface area contributed by atoms with Crippen LogP contribution in [-0.2, 0) is 24.9 Å². The normalized spacial score (nSPS) is 12.3. The fourth-order valence-electron chi connectivity index (χ4n) is 2.93. The van der Waals surface area contributed by atoms with Crippen molar-refractivity contribution in [2.45, 2.75) is 13.1 Å². The number of fused-ring (bicyclic) bond motifs is 2. The Morgan fingerprint density at radius 2 is 2.00 bits per heavy atom. The van der Waals surface area contributed by atoms with Crippen molar-refractivity contribution in [3.63, 3.8) is 0 Å². The van der Waals surface area contributed by atoms with Gasteiger partial charge < -0.3 is 14.8 Å². The number of nitrogens with one attached hydrogen (secondary N) is 1. The molecule has 0 saturated heterocycles. The number of aromatic nitrogens is 3. The van der Waals surface area contributed by atoms with Gasteiger partial charge in [0, 0.05) is 19.8 Å². The maximum atomic E-state index is 12.4. The highest BCUT2D eigenvalue weighted by Crippen LogP contribution is 2.32. The number of carbonyl (C=O) groups excluding carboxylic acids is 1. The summed E-state index contributed by atoms with van der Waals surface area (Å²) < 4.78 is 12.9. The van der Waals surface area contributed by atoms with Gasteiger partial charge in [0.15, 0.2) is 17.1 Å². The number of rotatable bonds is 4. The topological polar surface area (TPSA) is 104 Å². The number of amides is 1. The van der Waals surface area contributed by atoms with Gasteiger partial charge in [-0.1, -0.05) is 6.07 Å². The van der Waals surface area contributed by atoms with E-state index in [1.54, 1.807) is 24.3 Å². The van der Waals surface area contributed by atoms with E-state index < -0.39 is 17.0 Å². The third-order valence-electron chi connectivity index (χ3n) is 4.34. The summed E-state index contributed by atoms with van der Waals surface area (Å²) in [6.45, 7) is 0.158. The average molecular weight is 368 g/mol. The molecule has 0 radical (unpaired) electrons. The lowest BCUT2D eigenvalue weighted by Crippen LogP contribution is -2.43. The maximum Gasteiger partial charge on any atom is 0.317 e. The second kappa shape index (κ2) is 6.60. The van der Waals surface area contributed by atoms with Crippen molar-refractivity contribution in [2.75, 3.05) is 6.79 Å². The Bertz CT molecular complexity index is 1160. The molecule has 1 N–H and O–H groups in total. The summed E-state index contributed by atoms with van der Waals surface area (Å²) >= 11 is 0. The van der Waals surface area contributed by atoms with Gasteiger partial charge >= 0.3 is 11.1 Å². The van der Waals surface area contributed by atoms with Crippen LogP contribution in [0.1, 0.15) is 5.56 Å². The molecule has 27 heavy (non-hydrogen) atoms. The molecule has 3 heterocycles. The van der Waals surface area contributed by atoms with E-state index in [0.29, 0.717) is 22.7 Å². The predicted molar refractivity (Wildman–Crippen MR) is 95.7 cm³/mol. The van der Waals surface area contributed by atoms with Crippen LogP contribution in [0.25, 0.3) is 11.2 Å². The van der Waals surface area contributed by atoms with Crippen LogP contribution >= 0.6 is 0 Å². The van der Waals surface area contributed by atoms with Crippen LogP contribution in [0, 0.1) is 0 Å². The fraction of sp³-hybridized carbons (Fsp3) is 0.222. The van der Waals surface area contributed by atoms with E-state index in [4.69, 9.17) is 9.47 Å². The number of nitrogens with zero attached hydrogens (tertiary/aromatic N) is 3. The number of hydrogen-bond donors (Lipinski definition) is 1. The van der Waals surface area contributed by atoms with Crippen molar-refractivity contribution in [1.29, 1.82) is 0 Å². The first-order valence-electron chi connectivity index (χ1n) is 8.24. The molecule has 1 aromatic carbocycles. The number of hydrogen-bond acceptors (Lipinski definition) is 6. The monoisotopic (exact) mass is 368 g/mol. The SMILES string of the molecule is Cn1c(=O)c(=O)n(CC(=O)NCc2ccc3c(c2)OCO3)c2cccnc21. The molecule has 138 valence electrons. The molecule has 3 aromatic rings. The highest BCUT2D eigenvalue weighted by Gasteiger charge is 2.15. The van der Waals surface area contributed by atoms with Gasteiger partial charge in [0.2, 0.25) is 12.7 Å². The Morgan fingerprint density at radius 3 is 2.85 bits per heavy atom. The van der Waals surface area contributed by atoms with Crippen LogP contribution in [0.5, 0.6) is 11.5 Å². The highest BCUT2D eigenvalue weighted by molar-refractivity contribution is 5.78. The van der Waals surface area contributed by atoms with Crippen molar-refractivity contribution in [3.05, 3.63) is 62.8 Å². The van der Waals surface area contributed by atoms with E-state index in [9.17, 15) is 14.4 Å². The Morgan fingerprint density at radius 1 is 1.19 bits per heavy atom. The first kappa shape index (κ1) is 16.8. The van der Waals surface area contributed by atoms with Crippen LogP contribution in [0.4, 0.5) is 0 Å².